The van der Waals surface area contributed by atoms with Gasteiger partial charge in [0.15, 0.2) is 0 Å². The number of hydrogen-bond acceptors (Lipinski definition) is 4. The molecule has 1 atom stereocenters. The van der Waals surface area contributed by atoms with Gasteiger partial charge >= 0.3 is 0 Å². The number of piperidine rings is 1. The summed E-state index contributed by atoms with van der Waals surface area (Å²) in [6.45, 7) is 7.72. The van der Waals surface area contributed by atoms with E-state index in [1.807, 2.05) is 6.92 Å². The Morgan fingerprint density at radius 3 is 2.54 bits per heavy atom. The fourth-order valence-electron chi connectivity index (χ4n) is 3.51. The van der Waals surface area contributed by atoms with Crippen molar-refractivity contribution in [2.75, 3.05) is 32.8 Å². The summed E-state index contributed by atoms with van der Waals surface area (Å²) in [5, 5.41) is 0.494. The van der Waals surface area contributed by atoms with Gasteiger partial charge in [0.1, 0.15) is 0 Å². The Kier molecular flexibility index (Phi) is 5.52. The summed E-state index contributed by atoms with van der Waals surface area (Å²) >= 11 is 6.10. The third kappa shape index (κ3) is 3.78. The second-order valence-corrected chi connectivity index (χ2v) is 9.07. The van der Waals surface area contributed by atoms with Gasteiger partial charge in [0.2, 0.25) is 10.0 Å². The maximum absolute atomic E-state index is 12.8. The standard InChI is InChI=1S/C17H25ClN2O3S/c1-13-3-4-16(11-17(13)18)24(21,22)20-7-5-15(6-8-20)19-9-10-23-14(2)12-19/h3-4,11,14-15H,5-10,12H2,1-2H3. The summed E-state index contributed by atoms with van der Waals surface area (Å²) in [7, 11) is -3.46. The summed E-state index contributed by atoms with van der Waals surface area (Å²) in [6, 6.07) is 5.41. The second-order valence-electron chi connectivity index (χ2n) is 6.72. The number of ether oxygens (including phenoxy) is 1. The second kappa shape index (κ2) is 7.30. The van der Waals surface area contributed by atoms with E-state index in [-0.39, 0.29) is 11.0 Å². The molecular weight excluding hydrogens is 348 g/mol. The molecule has 2 aliphatic heterocycles. The normalized spacial score (nSPS) is 25.0. The van der Waals surface area contributed by atoms with Gasteiger partial charge in [-0.1, -0.05) is 17.7 Å². The van der Waals surface area contributed by atoms with Crippen LogP contribution in [0.25, 0.3) is 0 Å². The van der Waals surface area contributed by atoms with Crippen molar-refractivity contribution in [2.24, 2.45) is 0 Å². The van der Waals surface area contributed by atoms with E-state index in [2.05, 4.69) is 11.8 Å². The molecule has 0 spiro atoms. The Morgan fingerprint density at radius 1 is 1.21 bits per heavy atom. The van der Waals surface area contributed by atoms with Crippen LogP contribution in [0.5, 0.6) is 0 Å². The average molecular weight is 373 g/mol. The number of halogens is 1. The highest BCUT2D eigenvalue weighted by atomic mass is 35.5. The largest absolute Gasteiger partial charge is 0.376 e. The van der Waals surface area contributed by atoms with Crippen LogP contribution < -0.4 is 0 Å². The van der Waals surface area contributed by atoms with Crippen LogP contribution >= 0.6 is 11.6 Å². The maximum Gasteiger partial charge on any atom is 0.243 e. The first-order valence-corrected chi connectivity index (χ1v) is 10.3. The molecule has 0 saturated carbocycles. The van der Waals surface area contributed by atoms with E-state index in [0.29, 0.717) is 24.2 Å². The third-order valence-electron chi connectivity index (χ3n) is 4.99. The van der Waals surface area contributed by atoms with Crippen molar-refractivity contribution in [1.29, 1.82) is 0 Å². The van der Waals surface area contributed by atoms with Gasteiger partial charge in [-0.25, -0.2) is 8.42 Å². The highest BCUT2D eigenvalue weighted by Gasteiger charge is 2.33. The van der Waals surface area contributed by atoms with E-state index in [0.717, 1.165) is 38.1 Å². The van der Waals surface area contributed by atoms with Crippen LogP contribution in [0.3, 0.4) is 0 Å². The lowest BCUT2D eigenvalue weighted by Crippen LogP contribution is -2.51. The molecule has 7 heteroatoms. The Labute approximate surface area is 149 Å². The first-order chi connectivity index (χ1) is 11.4. The van der Waals surface area contributed by atoms with Crippen LogP contribution in [-0.4, -0.2) is 62.6 Å². The molecule has 24 heavy (non-hydrogen) atoms. The molecule has 0 aliphatic carbocycles. The molecule has 0 N–H and O–H groups in total. The first kappa shape index (κ1) is 18.1. The Morgan fingerprint density at radius 2 is 1.92 bits per heavy atom. The minimum atomic E-state index is -3.46. The molecule has 2 heterocycles. The van der Waals surface area contributed by atoms with E-state index in [1.54, 1.807) is 22.5 Å². The fraction of sp³-hybridized carbons (Fsp3) is 0.647. The number of nitrogens with zero attached hydrogens (tertiary/aromatic N) is 2. The van der Waals surface area contributed by atoms with E-state index in [9.17, 15) is 8.42 Å². The third-order valence-corrected chi connectivity index (χ3v) is 7.30. The van der Waals surface area contributed by atoms with Crippen molar-refractivity contribution in [1.82, 2.24) is 9.21 Å². The lowest BCUT2D eigenvalue weighted by Gasteiger charge is -2.41. The summed E-state index contributed by atoms with van der Waals surface area (Å²) < 4.78 is 32.8. The Bertz CT molecular complexity index is 687. The molecule has 3 rings (SSSR count). The number of sulfonamides is 1. The van der Waals surface area contributed by atoms with Crippen LogP contribution in [0.4, 0.5) is 0 Å². The highest BCUT2D eigenvalue weighted by molar-refractivity contribution is 7.89. The number of morpholine rings is 1. The van der Waals surface area contributed by atoms with Gasteiger partial charge in [0.25, 0.3) is 0 Å². The zero-order valence-electron chi connectivity index (χ0n) is 14.2. The van der Waals surface area contributed by atoms with Gasteiger partial charge in [-0.15, -0.1) is 0 Å². The molecule has 1 aromatic carbocycles. The van der Waals surface area contributed by atoms with Crippen molar-refractivity contribution in [2.45, 2.75) is 43.7 Å². The zero-order valence-corrected chi connectivity index (χ0v) is 15.8. The van der Waals surface area contributed by atoms with Crippen LogP contribution in [0, 0.1) is 6.92 Å². The molecule has 2 aliphatic rings. The van der Waals surface area contributed by atoms with Gasteiger partial charge < -0.3 is 4.74 Å². The molecule has 2 fully saturated rings. The van der Waals surface area contributed by atoms with Gasteiger partial charge in [-0.3, -0.25) is 4.90 Å². The van der Waals surface area contributed by atoms with Crippen molar-refractivity contribution in [3.8, 4) is 0 Å². The SMILES string of the molecule is Cc1ccc(S(=O)(=O)N2CCC(N3CCOC(C)C3)CC2)cc1Cl. The highest BCUT2D eigenvalue weighted by Crippen LogP contribution is 2.26. The molecule has 0 bridgehead atoms. The van der Waals surface area contributed by atoms with Gasteiger partial charge in [0, 0.05) is 37.2 Å². The van der Waals surface area contributed by atoms with E-state index >= 15 is 0 Å². The van der Waals surface area contributed by atoms with Crippen LogP contribution in [0.2, 0.25) is 5.02 Å². The minimum absolute atomic E-state index is 0.259. The van der Waals surface area contributed by atoms with Crippen molar-refractivity contribution in [3.63, 3.8) is 0 Å². The smallest absolute Gasteiger partial charge is 0.243 e. The number of hydrogen-bond donors (Lipinski definition) is 0. The molecule has 2 saturated heterocycles. The summed E-state index contributed by atoms with van der Waals surface area (Å²) in [4.78, 5) is 2.73. The fourth-order valence-corrected chi connectivity index (χ4v) is 5.25. The molecule has 5 nitrogen and oxygen atoms in total. The molecule has 134 valence electrons. The molecule has 0 radical (unpaired) electrons. The zero-order chi connectivity index (χ0) is 17.3. The van der Waals surface area contributed by atoms with Crippen molar-refractivity contribution in [3.05, 3.63) is 28.8 Å². The summed E-state index contributed by atoms with van der Waals surface area (Å²) in [6.07, 6.45) is 1.99. The van der Waals surface area contributed by atoms with Gasteiger partial charge in [-0.2, -0.15) is 4.31 Å². The molecule has 0 amide bonds. The summed E-state index contributed by atoms with van der Waals surface area (Å²) in [5.41, 5.74) is 0.885. The summed E-state index contributed by atoms with van der Waals surface area (Å²) in [5.74, 6) is 0. The van der Waals surface area contributed by atoms with Crippen LogP contribution in [-0.2, 0) is 14.8 Å². The number of aryl methyl sites for hydroxylation is 1. The molecule has 1 aromatic rings. The first-order valence-electron chi connectivity index (χ1n) is 8.50. The van der Waals surface area contributed by atoms with Gasteiger partial charge in [-0.05, 0) is 44.4 Å². The maximum atomic E-state index is 12.8. The predicted octanol–water partition coefficient (Wildman–Crippen LogP) is 2.52. The Hall–Kier alpha value is -0.660. The quantitative estimate of drug-likeness (QED) is 0.818. The minimum Gasteiger partial charge on any atom is -0.376 e. The Balaban J connectivity index is 1.66. The lowest BCUT2D eigenvalue weighted by molar-refractivity contribution is -0.0406. The monoisotopic (exact) mass is 372 g/mol. The lowest BCUT2D eigenvalue weighted by atomic mass is 10.0. The number of rotatable bonds is 3. The molecule has 0 aromatic heterocycles. The van der Waals surface area contributed by atoms with Gasteiger partial charge in [0.05, 0.1) is 17.6 Å². The topological polar surface area (TPSA) is 49.9 Å². The average Bonchev–Trinajstić information content (AvgIpc) is 2.57. The molecular formula is C17H25ClN2O3S. The van der Waals surface area contributed by atoms with E-state index in [4.69, 9.17) is 16.3 Å². The van der Waals surface area contributed by atoms with E-state index in [1.165, 1.54) is 0 Å². The number of benzene rings is 1. The van der Waals surface area contributed by atoms with E-state index < -0.39 is 10.0 Å². The van der Waals surface area contributed by atoms with Crippen LogP contribution in [0.15, 0.2) is 23.1 Å². The molecule has 1 unspecified atom stereocenters. The van der Waals surface area contributed by atoms with Crippen LogP contribution in [0.1, 0.15) is 25.3 Å². The van der Waals surface area contributed by atoms with Crippen molar-refractivity contribution < 1.29 is 13.2 Å². The predicted molar refractivity (Wildman–Crippen MR) is 95.0 cm³/mol. The van der Waals surface area contributed by atoms with Crippen molar-refractivity contribution >= 4 is 21.6 Å².